The molecule has 6 aromatic carbocycles. The Morgan fingerprint density at radius 1 is 0.367 bits per heavy atom. The monoisotopic (exact) mass is 627 g/mol. The van der Waals surface area contributed by atoms with Crippen LogP contribution in [0.15, 0.2) is 180 Å². The zero-order valence-corrected chi connectivity index (χ0v) is 26.5. The molecule has 0 saturated carbocycles. The number of hydrogen-bond acceptors (Lipinski definition) is 4. The number of para-hydroxylation sites is 2. The average Bonchev–Trinajstić information content (AvgIpc) is 3.58. The molecule has 0 radical (unpaired) electrons. The third kappa shape index (κ3) is 5.35. The van der Waals surface area contributed by atoms with Crippen LogP contribution < -0.4 is 0 Å². The normalized spacial score (nSPS) is 11.3. The van der Waals surface area contributed by atoms with E-state index in [4.69, 9.17) is 14.4 Å². The van der Waals surface area contributed by atoms with Crippen LogP contribution in [0.25, 0.3) is 89.4 Å². The number of benzene rings is 6. The van der Waals surface area contributed by atoms with E-state index < -0.39 is 0 Å². The van der Waals surface area contributed by atoms with Gasteiger partial charge in [0.25, 0.3) is 0 Å². The van der Waals surface area contributed by atoms with Crippen LogP contribution in [0.1, 0.15) is 0 Å². The first kappa shape index (κ1) is 28.6. The molecule has 0 fully saturated rings. The molecular weight excluding hydrogens is 599 g/mol. The second-order valence-corrected chi connectivity index (χ2v) is 12.0. The van der Waals surface area contributed by atoms with Crippen LogP contribution in [-0.2, 0) is 0 Å². The lowest BCUT2D eigenvalue weighted by Crippen LogP contribution is -1.98. The maximum Gasteiger partial charge on any atom is 0.160 e. The van der Waals surface area contributed by atoms with Crippen LogP contribution in [0, 0.1) is 0 Å². The van der Waals surface area contributed by atoms with Gasteiger partial charge in [0.1, 0.15) is 11.2 Å². The Morgan fingerprint density at radius 3 is 1.78 bits per heavy atom. The molecule has 0 amide bonds. The predicted molar refractivity (Wildman–Crippen MR) is 200 cm³/mol. The van der Waals surface area contributed by atoms with Gasteiger partial charge in [-0.05, 0) is 59.2 Å². The number of furan rings is 1. The first-order valence-corrected chi connectivity index (χ1v) is 16.4. The van der Waals surface area contributed by atoms with E-state index >= 15 is 0 Å². The van der Waals surface area contributed by atoms with Gasteiger partial charge in [-0.2, -0.15) is 0 Å². The number of pyridine rings is 1. The fraction of sp³-hybridized carbons (Fsp3) is 0. The highest BCUT2D eigenvalue weighted by Crippen LogP contribution is 2.40. The Morgan fingerprint density at radius 2 is 0.980 bits per heavy atom. The molecule has 0 saturated heterocycles. The summed E-state index contributed by atoms with van der Waals surface area (Å²) >= 11 is 0. The molecule has 9 rings (SSSR count). The molecule has 3 heterocycles. The average molecular weight is 628 g/mol. The van der Waals surface area contributed by atoms with Gasteiger partial charge in [-0.15, -0.1) is 0 Å². The Hall–Kier alpha value is -6.65. The van der Waals surface area contributed by atoms with E-state index in [1.807, 2.05) is 72.9 Å². The zero-order chi connectivity index (χ0) is 32.6. The molecule has 0 N–H and O–H groups in total. The summed E-state index contributed by atoms with van der Waals surface area (Å²) in [5.41, 5.74) is 12.6. The Labute approximate surface area is 284 Å². The highest BCUT2D eigenvalue weighted by Gasteiger charge is 2.18. The first-order valence-electron chi connectivity index (χ1n) is 16.4. The fourth-order valence-corrected chi connectivity index (χ4v) is 6.60. The Balaban J connectivity index is 1.30. The smallest absolute Gasteiger partial charge is 0.160 e. The second-order valence-electron chi connectivity index (χ2n) is 12.0. The highest BCUT2D eigenvalue weighted by molar-refractivity contribution is 6.09. The minimum Gasteiger partial charge on any atom is -0.455 e. The Bertz CT molecular complexity index is 2590. The third-order valence-corrected chi connectivity index (χ3v) is 8.95. The van der Waals surface area contributed by atoms with Crippen LogP contribution in [0.2, 0.25) is 0 Å². The van der Waals surface area contributed by atoms with E-state index in [0.717, 1.165) is 83.5 Å². The number of aromatic nitrogens is 3. The summed E-state index contributed by atoms with van der Waals surface area (Å²) in [7, 11) is 0. The molecule has 0 aliphatic heterocycles. The molecule has 3 aromatic heterocycles. The lowest BCUT2D eigenvalue weighted by atomic mass is 9.93. The maximum absolute atomic E-state index is 6.51. The first-order chi connectivity index (χ1) is 24.3. The lowest BCUT2D eigenvalue weighted by Gasteiger charge is -2.14. The molecule has 9 aromatic rings. The van der Waals surface area contributed by atoms with Crippen molar-refractivity contribution >= 4 is 21.9 Å². The molecule has 0 atom stereocenters. The van der Waals surface area contributed by atoms with E-state index in [1.165, 1.54) is 0 Å². The quantitative estimate of drug-likeness (QED) is 0.184. The van der Waals surface area contributed by atoms with Crippen molar-refractivity contribution in [3.05, 3.63) is 176 Å². The third-order valence-electron chi connectivity index (χ3n) is 8.95. The minimum absolute atomic E-state index is 0.662. The molecule has 49 heavy (non-hydrogen) atoms. The number of hydrogen-bond donors (Lipinski definition) is 0. The standard InChI is InChI=1S/C45H29N3O/c1-3-14-30(15-4-1)32-26-33(35-21-13-22-39-38-20-9-10-24-43(38)49-44(35)39)28-34(27-32)41-29-42(48-45(47-41)31-16-5-2-6-17-31)37-19-8-7-18-36(37)40-23-11-12-25-46-40/h1-29H. The summed E-state index contributed by atoms with van der Waals surface area (Å²) < 4.78 is 6.51. The number of nitrogens with zero attached hydrogens (tertiary/aromatic N) is 3. The molecule has 4 nitrogen and oxygen atoms in total. The van der Waals surface area contributed by atoms with Gasteiger partial charge in [-0.1, -0.05) is 127 Å². The van der Waals surface area contributed by atoms with E-state index in [1.54, 1.807) is 0 Å². The van der Waals surface area contributed by atoms with E-state index in [9.17, 15) is 0 Å². The van der Waals surface area contributed by atoms with Crippen molar-refractivity contribution in [3.63, 3.8) is 0 Å². The fourth-order valence-electron chi connectivity index (χ4n) is 6.60. The van der Waals surface area contributed by atoms with Crippen molar-refractivity contribution in [3.8, 4) is 67.4 Å². The zero-order valence-electron chi connectivity index (χ0n) is 26.5. The lowest BCUT2D eigenvalue weighted by molar-refractivity contribution is 0.670. The molecule has 0 unspecified atom stereocenters. The van der Waals surface area contributed by atoms with E-state index in [0.29, 0.717) is 5.82 Å². The molecule has 0 aliphatic rings. The highest BCUT2D eigenvalue weighted by atomic mass is 16.3. The summed E-state index contributed by atoms with van der Waals surface area (Å²) in [6.07, 6.45) is 1.83. The summed E-state index contributed by atoms with van der Waals surface area (Å²) in [4.78, 5) is 15.1. The molecule has 0 bridgehead atoms. The van der Waals surface area contributed by atoms with Crippen molar-refractivity contribution in [2.75, 3.05) is 0 Å². The van der Waals surface area contributed by atoms with Crippen molar-refractivity contribution < 1.29 is 4.42 Å². The van der Waals surface area contributed by atoms with Crippen molar-refractivity contribution in [1.82, 2.24) is 15.0 Å². The van der Waals surface area contributed by atoms with Gasteiger partial charge in [-0.3, -0.25) is 4.98 Å². The van der Waals surface area contributed by atoms with Crippen molar-refractivity contribution in [1.29, 1.82) is 0 Å². The van der Waals surface area contributed by atoms with E-state index in [2.05, 4.69) is 108 Å². The van der Waals surface area contributed by atoms with Gasteiger partial charge in [-0.25, -0.2) is 9.97 Å². The van der Waals surface area contributed by atoms with Crippen LogP contribution in [0.4, 0.5) is 0 Å². The molecular formula is C45H29N3O. The molecule has 0 aliphatic carbocycles. The van der Waals surface area contributed by atoms with Crippen LogP contribution in [0.3, 0.4) is 0 Å². The van der Waals surface area contributed by atoms with Gasteiger partial charge in [0.05, 0.1) is 17.1 Å². The van der Waals surface area contributed by atoms with Gasteiger partial charge in [0.15, 0.2) is 5.82 Å². The van der Waals surface area contributed by atoms with Gasteiger partial charge >= 0.3 is 0 Å². The molecule has 4 heteroatoms. The van der Waals surface area contributed by atoms with Crippen LogP contribution >= 0.6 is 0 Å². The largest absolute Gasteiger partial charge is 0.455 e. The number of rotatable bonds is 6. The maximum atomic E-state index is 6.51. The predicted octanol–water partition coefficient (Wildman–Crippen LogP) is 11.8. The SMILES string of the molecule is c1ccc(-c2cc(-c3cc(-c4ccccc4-c4ccccn4)nc(-c4ccccc4)n3)cc(-c3cccc4c3oc3ccccc34)c2)cc1. The van der Waals surface area contributed by atoms with Crippen LogP contribution in [-0.4, -0.2) is 15.0 Å². The molecule has 0 spiro atoms. The van der Waals surface area contributed by atoms with E-state index in [-0.39, 0.29) is 0 Å². The Kier molecular flexibility index (Phi) is 7.10. The van der Waals surface area contributed by atoms with Gasteiger partial charge in [0.2, 0.25) is 0 Å². The van der Waals surface area contributed by atoms with Crippen molar-refractivity contribution in [2.24, 2.45) is 0 Å². The second kappa shape index (κ2) is 12.2. The summed E-state index contributed by atoms with van der Waals surface area (Å²) in [5, 5.41) is 2.21. The van der Waals surface area contributed by atoms with Crippen LogP contribution in [0.5, 0.6) is 0 Å². The van der Waals surface area contributed by atoms with Crippen molar-refractivity contribution in [2.45, 2.75) is 0 Å². The topological polar surface area (TPSA) is 51.8 Å². The van der Waals surface area contributed by atoms with Gasteiger partial charge in [0, 0.05) is 44.8 Å². The summed E-state index contributed by atoms with van der Waals surface area (Å²) in [6.45, 7) is 0. The number of fused-ring (bicyclic) bond motifs is 3. The molecule has 230 valence electrons. The summed E-state index contributed by atoms with van der Waals surface area (Å²) in [6, 6.07) is 58.4. The van der Waals surface area contributed by atoms with Gasteiger partial charge < -0.3 is 4.42 Å². The minimum atomic E-state index is 0.662. The summed E-state index contributed by atoms with van der Waals surface area (Å²) in [5.74, 6) is 0.662.